The van der Waals surface area contributed by atoms with E-state index in [9.17, 15) is 0 Å². The summed E-state index contributed by atoms with van der Waals surface area (Å²) in [4.78, 5) is 22.9. The fourth-order valence-corrected chi connectivity index (χ4v) is 0. The topological polar surface area (TPSA) is 176 Å². The lowest BCUT2D eigenvalue weighted by Gasteiger charge is -2.01. The first kappa shape index (κ1) is 22.5. The third-order valence-electron chi connectivity index (χ3n) is 0. The van der Waals surface area contributed by atoms with E-state index in [2.05, 4.69) is 12.2 Å². The molecule has 0 aromatic rings. The van der Waals surface area contributed by atoms with E-state index in [-0.39, 0.29) is 12.3 Å². The van der Waals surface area contributed by atoms with E-state index in [0.29, 0.717) is 0 Å². The van der Waals surface area contributed by atoms with Crippen molar-refractivity contribution in [1.82, 2.24) is 12.3 Å². The van der Waals surface area contributed by atoms with E-state index in [1.807, 2.05) is 0 Å². The summed E-state index contributed by atoms with van der Waals surface area (Å²) >= 11 is 3.70. The molecule has 0 aromatic carbocycles. The van der Waals surface area contributed by atoms with Crippen LogP contribution in [0, 0.1) is 0 Å². The largest absolute Gasteiger partial charge is 0.756 e. The van der Waals surface area contributed by atoms with Crippen LogP contribution in [-0.4, -0.2) is 14.9 Å². The van der Waals surface area contributed by atoms with E-state index in [1.54, 1.807) is 0 Å². The molecule has 9 heteroatoms. The zero-order valence-electron chi connectivity index (χ0n) is 5.51. The second-order valence-corrected chi connectivity index (χ2v) is 1.75. The van der Waals surface area contributed by atoms with Crippen LogP contribution in [0.15, 0.2) is 0 Å². The Balaban J connectivity index is -0.0000000326. The minimum absolute atomic E-state index is 0. The smallest absolute Gasteiger partial charge is 0.262 e. The second-order valence-electron chi connectivity index (χ2n) is 0.582. The maximum Gasteiger partial charge on any atom is 0.262 e. The third kappa shape index (κ3) is 12600. The highest BCUT2D eigenvalue weighted by atomic mass is 32.1. The van der Waals surface area contributed by atoms with Gasteiger partial charge in [-0.2, -0.15) is 5.16 Å². The van der Waals surface area contributed by atoms with Crippen molar-refractivity contribution >= 4 is 25.2 Å². The van der Waals surface area contributed by atoms with Crippen LogP contribution in [0.2, 0.25) is 0 Å². The van der Waals surface area contributed by atoms with Gasteiger partial charge in [-0.05, 0) is 0 Å². The fraction of sp³-hybridized carbons (Fsp3) is 0. The number of nitrogens with zero attached hydrogens (tertiary/aromatic N) is 1. The number of rotatable bonds is 0. The van der Waals surface area contributed by atoms with Gasteiger partial charge in [-0.3, -0.25) is 4.57 Å². The Hall–Kier alpha value is -0.170. The molecule has 10 heavy (non-hydrogen) atoms. The van der Waals surface area contributed by atoms with E-state index < -0.39 is 7.82 Å². The predicted octanol–water partition coefficient (Wildman–Crippen LogP) is -0.150. The lowest BCUT2D eigenvalue weighted by atomic mass is 11.8. The monoisotopic (exact) mass is 191 g/mol. The van der Waals surface area contributed by atoms with E-state index in [0.717, 1.165) is 0 Å². The Bertz CT molecular complexity index is 118. The van der Waals surface area contributed by atoms with Gasteiger partial charge in [0.15, 0.2) is 0 Å². The summed E-state index contributed by atoms with van der Waals surface area (Å²) in [6.07, 6.45) is 0. The maximum atomic E-state index is 8.77. The van der Waals surface area contributed by atoms with Crippen molar-refractivity contribution in [2.75, 3.05) is 0 Å². The molecule has 0 aliphatic heterocycles. The van der Waals surface area contributed by atoms with E-state index >= 15 is 0 Å². The second kappa shape index (κ2) is 11.6. The van der Waals surface area contributed by atoms with Crippen LogP contribution in [0.1, 0.15) is 0 Å². The van der Waals surface area contributed by atoms with Crippen LogP contribution < -0.4 is 17.2 Å². The highest BCUT2D eigenvalue weighted by molar-refractivity contribution is 7.78. The Morgan fingerprint density at radius 2 is 1.50 bits per heavy atom. The summed E-state index contributed by atoms with van der Waals surface area (Å²) in [5.74, 6) is 0. The van der Waals surface area contributed by atoms with Gasteiger partial charge in [0.25, 0.3) is 7.82 Å². The molecular formula is CH10N3O4PS. The Labute approximate surface area is 63.0 Å². The quantitative estimate of drug-likeness (QED) is 0.236. The van der Waals surface area contributed by atoms with Gasteiger partial charge in [-0.1, -0.05) is 12.2 Å². The van der Waals surface area contributed by atoms with Gasteiger partial charge in [-0.15, -0.1) is 0 Å². The van der Waals surface area contributed by atoms with Crippen molar-refractivity contribution in [1.29, 1.82) is 0 Å². The molecule has 0 aliphatic carbocycles. The molecule has 0 amide bonds. The molecule has 0 saturated heterocycles. The number of phosphoric acid groups is 1. The van der Waals surface area contributed by atoms with Crippen molar-refractivity contribution in [2.45, 2.75) is 0 Å². The maximum absolute atomic E-state index is 8.77. The van der Waals surface area contributed by atoms with Gasteiger partial charge in [0.1, 0.15) is 0 Å². The van der Waals surface area contributed by atoms with Gasteiger partial charge < -0.3 is 32.4 Å². The molecule has 0 bridgehead atoms. The molecule has 0 fully saturated rings. The number of isothiocyanates is 1. The van der Waals surface area contributed by atoms with E-state index in [4.69, 9.17) is 24.7 Å². The van der Waals surface area contributed by atoms with Crippen molar-refractivity contribution in [3.63, 3.8) is 0 Å². The summed E-state index contributed by atoms with van der Waals surface area (Å²) < 4.78 is 8.77. The summed E-state index contributed by atoms with van der Waals surface area (Å²) in [6, 6.07) is 0. The molecular weight excluding hydrogens is 181 g/mol. The predicted molar refractivity (Wildman–Crippen MR) is 40.0 cm³/mol. The van der Waals surface area contributed by atoms with Crippen molar-refractivity contribution < 1.29 is 19.2 Å². The van der Waals surface area contributed by atoms with E-state index in [1.165, 1.54) is 5.16 Å². The third-order valence-corrected chi connectivity index (χ3v) is 0. The molecule has 0 aromatic heterocycles. The average molecular weight is 191 g/mol. The molecule has 0 aliphatic rings. The van der Waals surface area contributed by atoms with Crippen LogP contribution in [-0.2, 0) is 4.57 Å². The summed E-state index contributed by atoms with van der Waals surface area (Å²) in [5.41, 5.74) is 0. The molecule has 0 atom stereocenters. The van der Waals surface area contributed by atoms with Crippen LogP contribution in [0.3, 0.4) is 0 Å². The lowest BCUT2D eigenvalue weighted by Crippen LogP contribution is -1.94. The highest BCUT2D eigenvalue weighted by Crippen LogP contribution is 2.18. The fourth-order valence-electron chi connectivity index (χ4n) is 0. The normalized spacial score (nSPS) is 6.70. The van der Waals surface area contributed by atoms with Crippen molar-refractivity contribution in [3.05, 3.63) is 5.41 Å². The standard InChI is InChI=1S/CNS.2H3N.H3O4P/c2-1-3;;;1-5(2,3)4/h;2*1H3;(H3,1,2,3,4)/q-1;;;/p+1. The molecule has 0 heterocycles. The van der Waals surface area contributed by atoms with Crippen molar-refractivity contribution in [2.24, 2.45) is 0 Å². The molecule has 64 valence electrons. The Morgan fingerprint density at radius 3 is 1.50 bits per heavy atom. The van der Waals surface area contributed by atoms with Crippen molar-refractivity contribution in [3.8, 4) is 0 Å². The Morgan fingerprint density at radius 1 is 1.50 bits per heavy atom. The first-order valence-corrected chi connectivity index (χ1v) is 3.13. The van der Waals surface area contributed by atoms with Gasteiger partial charge in [0.2, 0.25) is 0 Å². The van der Waals surface area contributed by atoms with Gasteiger partial charge >= 0.3 is 0 Å². The van der Waals surface area contributed by atoms with Gasteiger partial charge in [0, 0.05) is 0 Å². The highest BCUT2D eigenvalue weighted by Gasteiger charge is 1.82. The molecule has 0 spiro atoms. The SMILES string of the molecule is O=P([O-])(O)O.[N-]=C=S.[NH4+].[NH4+]. The van der Waals surface area contributed by atoms with Crippen LogP contribution >= 0.6 is 20.0 Å². The zero-order chi connectivity index (χ0) is 7.21. The van der Waals surface area contributed by atoms with Gasteiger partial charge in [-0.25, -0.2) is 0 Å². The molecule has 0 saturated carbocycles. The first-order chi connectivity index (χ1) is 3.41. The zero-order valence-corrected chi connectivity index (χ0v) is 7.22. The van der Waals surface area contributed by atoms with Crippen LogP contribution in [0.5, 0.6) is 0 Å². The number of thiocarbonyl (C=S) groups is 1. The average Bonchev–Trinajstić information content (AvgIpc) is 1.27. The Kier molecular flexibility index (Phi) is 26.2. The number of hydrogen-bond acceptors (Lipinski definition) is 3. The summed E-state index contributed by atoms with van der Waals surface area (Å²) in [6.45, 7) is 0. The number of hydrogen-bond donors (Lipinski definition) is 4. The summed E-state index contributed by atoms with van der Waals surface area (Å²) in [5, 5.41) is 8.47. The minimum atomic E-state index is -4.89. The first-order valence-electron chi connectivity index (χ1n) is 1.19. The van der Waals surface area contributed by atoms with Crippen LogP contribution in [0.4, 0.5) is 0 Å². The molecule has 0 radical (unpaired) electrons. The number of quaternary nitrogens is 2. The lowest BCUT2D eigenvalue weighted by molar-refractivity contribution is -0.214. The molecule has 7 nitrogen and oxygen atoms in total. The minimum Gasteiger partial charge on any atom is -0.756 e. The molecule has 0 unspecified atom stereocenters. The van der Waals surface area contributed by atoms with Crippen LogP contribution in [0.25, 0.3) is 5.41 Å². The molecule has 0 rings (SSSR count). The van der Waals surface area contributed by atoms with Gasteiger partial charge in [0.05, 0.1) is 0 Å². The molecule has 10 N–H and O–H groups in total. The summed E-state index contributed by atoms with van der Waals surface area (Å²) in [7, 11) is -4.89.